The van der Waals surface area contributed by atoms with E-state index in [1.54, 1.807) is 7.11 Å². The van der Waals surface area contributed by atoms with Crippen molar-refractivity contribution in [2.75, 3.05) is 51.3 Å². The van der Waals surface area contributed by atoms with Crippen LogP contribution in [0, 0.1) is 0 Å². The van der Waals surface area contributed by atoms with Crippen molar-refractivity contribution in [3.8, 4) is 5.75 Å². The number of aliphatic hydroxyl groups excluding tert-OH is 1. The highest BCUT2D eigenvalue weighted by Crippen LogP contribution is 2.29. The molecule has 32 heavy (non-hydrogen) atoms. The number of methoxy groups -OCH3 is 1. The molecule has 1 aromatic carbocycles. The Morgan fingerprint density at radius 3 is 2.34 bits per heavy atom. The van der Waals surface area contributed by atoms with Gasteiger partial charge in [0.1, 0.15) is 5.75 Å². The van der Waals surface area contributed by atoms with Gasteiger partial charge < -0.3 is 20.1 Å². The van der Waals surface area contributed by atoms with Crippen LogP contribution in [0.25, 0.3) is 0 Å². The Kier molecular flexibility index (Phi) is 8.76. The monoisotopic (exact) mass is 466 g/mol. The third-order valence-electron chi connectivity index (χ3n) is 6.90. The zero-order valence-electron chi connectivity index (χ0n) is 18.7. The minimum Gasteiger partial charge on any atom is -0.495 e. The molecule has 1 aliphatic carbocycles. The van der Waals surface area contributed by atoms with Crippen molar-refractivity contribution in [1.29, 1.82) is 0 Å². The number of rotatable bonds is 9. The maximum absolute atomic E-state index is 12.0. The van der Waals surface area contributed by atoms with Gasteiger partial charge in [-0.25, -0.2) is 0 Å². The molecule has 1 aromatic rings. The second-order valence-electron chi connectivity index (χ2n) is 8.76. The van der Waals surface area contributed by atoms with Gasteiger partial charge >= 0.3 is 0 Å². The summed E-state index contributed by atoms with van der Waals surface area (Å²) in [7, 11) is 1.69. The molecule has 2 aliphatic heterocycles. The first-order chi connectivity index (χ1) is 15.1. The highest BCUT2D eigenvalue weighted by atomic mass is 35.5. The Morgan fingerprint density at radius 2 is 1.75 bits per heavy atom. The van der Waals surface area contributed by atoms with E-state index in [0.29, 0.717) is 12.6 Å². The average molecular weight is 467 g/mol. The van der Waals surface area contributed by atoms with Gasteiger partial charge in [-0.2, -0.15) is 0 Å². The summed E-state index contributed by atoms with van der Waals surface area (Å²) < 4.78 is 5.51. The highest BCUT2D eigenvalue weighted by Gasteiger charge is 2.36. The van der Waals surface area contributed by atoms with Gasteiger partial charge in [-0.1, -0.05) is 18.6 Å². The van der Waals surface area contributed by atoms with Gasteiger partial charge in [0.2, 0.25) is 11.8 Å². The van der Waals surface area contributed by atoms with E-state index in [0.717, 1.165) is 37.6 Å². The maximum Gasteiger partial charge on any atom is 0.229 e. The lowest BCUT2D eigenvalue weighted by Gasteiger charge is -2.43. The van der Waals surface area contributed by atoms with E-state index in [4.69, 9.17) is 4.74 Å². The van der Waals surface area contributed by atoms with Crippen LogP contribution in [-0.2, 0) is 9.59 Å². The van der Waals surface area contributed by atoms with Gasteiger partial charge in [-0.15, -0.1) is 12.4 Å². The van der Waals surface area contributed by atoms with Crippen molar-refractivity contribution in [3.63, 3.8) is 0 Å². The molecular weight excluding hydrogens is 432 g/mol. The number of carbonyl (C=O) groups is 2. The summed E-state index contributed by atoms with van der Waals surface area (Å²) in [5, 5.41) is 14.6. The van der Waals surface area contributed by atoms with Crippen LogP contribution in [0.5, 0.6) is 5.75 Å². The van der Waals surface area contributed by atoms with Crippen LogP contribution in [0.1, 0.15) is 32.1 Å². The Morgan fingerprint density at radius 1 is 1.09 bits per heavy atom. The number of β-amino-alcohol motifs (C(OH)–C–C–N with tert-alkyl or cyclic N) is 1. The Hall–Kier alpha value is -1.87. The number of imide groups is 1. The number of carbonyl (C=O) groups excluding carboxylic acids is 2. The summed E-state index contributed by atoms with van der Waals surface area (Å²) in [4.78, 5) is 29.9. The highest BCUT2D eigenvalue weighted by molar-refractivity contribution is 6.01. The number of amides is 2. The van der Waals surface area contributed by atoms with E-state index >= 15 is 0 Å². The number of hydrogen-bond acceptors (Lipinski definition) is 7. The van der Waals surface area contributed by atoms with E-state index in [1.165, 1.54) is 24.2 Å². The molecule has 2 unspecified atom stereocenters. The largest absolute Gasteiger partial charge is 0.495 e. The standard InChI is InChI=1S/C23H34N4O4.ClH/c1-31-21-8-3-2-7-18(21)25-11-13-26(14-12-25)19(15-24-17-5-4-6-17)20(28)16-27-22(29)9-10-23(27)30;/h2-3,7-8,17,19-20,24,28H,4-6,9-16H2,1H3;1H. The second-order valence-corrected chi connectivity index (χ2v) is 8.76. The zero-order chi connectivity index (χ0) is 21.8. The number of nitrogens with zero attached hydrogens (tertiary/aromatic N) is 3. The third-order valence-corrected chi connectivity index (χ3v) is 6.90. The summed E-state index contributed by atoms with van der Waals surface area (Å²) in [6.07, 6.45) is 3.35. The zero-order valence-corrected chi connectivity index (χ0v) is 19.6. The fourth-order valence-corrected chi connectivity index (χ4v) is 4.73. The summed E-state index contributed by atoms with van der Waals surface area (Å²) in [6, 6.07) is 8.41. The third kappa shape index (κ3) is 5.54. The van der Waals surface area contributed by atoms with Crippen LogP contribution in [0.4, 0.5) is 5.69 Å². The molecule has 2 atom stereocenters. The van der Waals surface area contributed by atoms with Crippen LogP contribution >= 0.6 is 12.4 Å². The number of likely N-dealkylation sites (tertiary alicyclic amines) is 1. The first kappa shape index (κ1) is 24.8. The fourth-order valence-electron chi connectivity index (χ4n) is 4.73. The van der Waals surface area contributed by atoms with Crippen molar-refractivity contribution in [2.45, 2.75) is 50.3 Å². The number of anilines is 1. The van der Waals surface area contributed by atoms with Crippen molar-refractivity contribution >= 4 is 29.9 Å². The topological polar surface area (TPSA) is 85.3 Å². The lowest BCUT2D eigenvalue weighted by atomic mass is 9.92. The summed E-state index contributed by atoms with van der Waals surface area (Å²) in [6.45, 7) is 4.00. The number of aliphatic hydroxyl groups is 1. The molecule has 1 saturated carbocycles. The smallest absolute Gasteiger partial charge is 0.229 e. The second kappa shape index (κ2) is 11.3. The van der Waals surface area contributed by atoms with Crippen molar-refractivity contribution in [1.82, 2.24) is 15.1 Å². The van der Waals surface area contributed by atoms with Gasteiger partial charge in [0.15, 0.2) is 0 Å². The molecule has 3 aliphatic rings. The van der Waals surface area contributed by atoms with Gasteiger partial charge in [0, 0.05) is 57.6 Å². The first-order valence-electron chi connectivity index (χ1n) is 11.4. The fraction of sp³-hybridized carbons (Fsp3) is 0.652. The number of benzene rings is 1. The minimum absolute atomic E-state index is 0. The van der Waals surface area contributed by atoms with E-state index in [1.807, 2.05) is 18.2 Å². The van der Waals surface area contributed by atoms with Gasteiger partial charge in [-0.3, -0.25) is 19.4 Å². The van der Waals surface area contributed by atoms with E-state index in [2.05, 4.69) is 21.2 Å². The molecule has 9 heteroatoms. The number of para-hydroxylation sites is 2. The molecular formula is C23H35ClN4O4. The Bertz CT molecular complexity index is 767. The lowest BCUT2D eigenvalue weighted by molar-refractivity contribution is -0.140. The predicted molar refractivity (Wildman–Crippen MR) is 125 cm³/mol. The van der Waals surface area contributed by atoms with Gasteiger partial charge in [0.05, 0.1) is 25.4 Å². The van der Waals surface area contributed by atoms with Crippen LogP contribution in [0.15, 0.2) is 24.3 Å². The number of halogens is 1. The number of nitrogens with one attached hydrogen (secondary N) is 1. The molecule has 3 fully saturated rings. The molecule has 4 rings (SSSR count). The average Bonchev–Trinajstić information content (AvgIpc) is 3.07. The van der Waals surface area contributed by atoms with Crippen molar-refractivity contribution in [3.05, 3.63) is 24.3 Å². The molecule has 0 spiro atoms. The van der Waals surface area contributed by atoms with E-state index in [9.17, 15) is 14.7 Å². The van der Waals surface area contributed by atoms with Crippen molar-refractivity contribution in [2.24, 2.45) is 0 Å². The minimum atomic E-state index is -0.767. The number of piperazine rings is 1. The number of hydrogen-bond donors (Lipinski definition) is 2. The molecule has 2 heterocycles. The molecule has 178 valence electrons. The van der Waals surface area contributed by atoms with E-state index < -0.39 is 6.10 Å². The molecule has 0 radical (unpaired) electrons. The van der Waals surface area contributed by atoms with Crippen LogP contribution in [-0.4, -0.2) is 91.3 Å². The SMILES string of the molecule is COc1ccccc1N1CCN(C(CNC2CCC2)C(O)CN2C(=O)CCC2=O)CC1.Cl. The van der Waals surface area contributed by atoms with Crippen molar-refractivity contribution < 1.29 is 19.4 Å². The summed E-state index contributed by atoms with van der Waals surface area (Å²) in [5.41, 5.74) is 1.09. The van der Waals surface area contributed by atoms with E-state index in [-0.39, 0.29) is 49.6 Å². The maximum atomic E-state index is 12.0. The van der Waals surface area contributed by atoms with Gasteiger partial charge in [-0.05, 0) is 25.0 Å². The number of ether oxygens (including phenoxy) is 1. The normalized spacial score (nSPS) is 21.8. The first-order valence-corrected chi connectivity index (χ1v) is 11.4. The molecule has 0 aromatic heterocycles. The molecule has 2 saturated heterocycles. The molecule has 2 amide bonds. The Labute approximate surface area is 196 Å². The lowest BCUT2D eigenvalue weighted by Crippen LogP contribution is -2.59. The summed E-state index contributed by atoms with van der Waals surface area (Å²) >= 11 is 0. The summed E-state index contributed by atoms with van der Waals surface area (Å²) in [5.74, 6) is 0.525. The van der Waals surface area contributed by atoms with Crippen LogP contribution in [0.3, 0.4) is 0 Å². The Balaban J connectivity index is 0.00000289. The van der Waals surface area contributed by atoms with Crippen LogP contribution < -0.4 is 15.0 Å². The molecule has 8 nitrogen and oxygen atoms in total. The predicted octanol–water partition coefficient (Wildman–Crippen LogP) is 1.26. The van der Waals surface area contributed by atoms with Gasteiger partial charge in [0.25, 0.3) is 0 Å². The molecule has 0 bridgehead atoms. The quantitative estimate of drug-likeness (QED) is 0.530. The van der Waals surface area contributed by atoms with Crippen LogP contribution in [0.2, 0.25) is 0 Å². The molecule has 2 N–H and O–H groups in total.